The number of carbonyl (C=O) groups is 1. The minimum Gasteiger partial charge on any atom is -0.619 e. The SMILES string of the molecule is C[C@@H](NC(=O)c1cc[n+]([O-])cc1)c1cccc(Cl)c1. The van der Waals surface area contributed by atoms with Crippen LogP contribution in [0.25, 0.3) is 0 Å². The van der Waals surface area contributed by atoms with E-state index in [2.05, 4.69) is 5.32 Å². The summed E-state index contributed by atoms with van der Waals surface area (Å²) in [5.41, 5.74) is 1.37. The van der Waals surface area contributed by atoms with Gasteiger partial charge in [0.1, 0.15) is 0 Å². The molecule has 98 valence electrons. The summed E-state index contributed by atoms with van der Waals surface area (Å²) < 4.78 is 0.636. The zero-order valence-electron chi connectivity index (χ0n) is 10.3. The number of benzene rings is 1. The summed E-state index contributed by atoms with van der Waals surface area (Å²) >= 11 is 5.91. The van der Waals surface area contributed by atoms with E-state index in [-0.39, 0.29) is 11.9 Å². The number of aromatic nitrogens is 1. The monoisotopic (exact) mass is 276 g/mol. The fraction of sp³-hybridized carbons (Fsp3) is 0.143. The standard InChI is InChI=1S/C14H13ClN2O2/c1-10(12-3-2-4-13(15)9-12)16-14(18)11-5-7-17(19)8-6-11/h2-10H,1H3,(H,16,18)/t10-/m1/s1. The van der Waals surface area contributed by atoms with Crippen LogP contribution in [-0.2, 0) is 0 Å². The van der Waals surface area contributed by atoms with Crippen LogP contribution in [0.1, 0.15) is 28.9 Å². The molecule has 1 N–H and O–H groups in total. The van der Waals surface area contributed by atoms with Crippen LogP contribution in [0.5, 0.6) is 0 Å². The van der Waals surface area contributed by atoms with Gasteiger partial charge >= 0.3 is 0 Å². The molecule has 19 heavy (non-hydrogen) atoms. The average molecular weight is 277 g/mol. The normalized spacial score (nSPS) is 11.9. The largest absolute Gasteiger partial charge is 0.619 e. The van der Waals surface area contributed by atoms with E-state index < -0.39 is 0 Å². The Labute approximate surface area is 116 Å². The maximum Gasteiger partial charge on any atom is 0.252 e. The molecular formula is C14H13ClN2O2. The van der Waals surface area contributed by atoms with Crippen LogP contribution in [0.15, 0.2) is 48.8 Å². The van der Waals surface area contributed by atoms with Gasteiger partial charge < -0.3 is 10.5 Å². The highest BCUT2D eigenvalue weighted by molar-refractivity contribution is 6.30. The highest BCUT2D eigenvalue weighted by atomic mass is 35.5. The molecule has 1 atom stereocenters. The van der Waals surface area contributed by atoms with E-state index in [9.17, 15) is 10.0 Å². The smallest absolute Gasteiger partial charge is 0.252 e. The molecule has 0 fully saturated rings. The minimum atomic E-state index is -0.229. The Hall–Kier alpha value is -2.07. The van der Waals surface area contributed by atoms with Gasteiger partial charge in [-0.1, -0.05) is 23.7 Å². The predicted octanol–water partition coefficient (Wildman–Crippen LogP) is 2.46. The van der Waals surface area contributed by atoms with Gasteiger partial charge in [-0.15, -0.1) is 0 Å². The van der Waals surface area contributed by atoms with Crippen LogP contribution in [0.2, 0.25) is 5.02 Å². The highest BCUT2D eigenvalue weighted by Gasteiger charge is 2.12. The van der Waals surface area contributed by atoms with Gasteiger partial charge in [0.25, 0.3) is 5.91 Å². The Morgan fingerprint density at radius 3 is 2.63 bits per heavy atom. The van der Waals surface area contributed by atoms with Crippen LogP contribution in [0.3, 0.4) is 0 Å². The second-order valence-electron chi connectivity index (χ2n) is 4.20. The van der Waals surface area contributed by atoms with Gasteiger partial charge in [0.05, 0.1) is 11.6 Å². The van der Waals surface area contributed by atoms with Gasteiger partial charge in [-0.25, -0.2) is 0 Å². The summed E-state index contributed by atoms with van der Waals surface area (Å²) in [5.74, 6) is -0.229. The summed E-state index contributed by atoms with van der Waals surface area (Å²) in [7, 11) is 0. The molecule has 4 nitrogen and oxygen atoms in total. The lowest BCUT2D eigenvalue weighted by Gasteiger charge is -2.14. The number of halogens is 1. The number of hydrogen-bond donors (Lipinski definition) is 1. The molecule has 2 aromatic rings. The van der Waals surface area contributed by atoms with E-state index in [1.807, 2.05) is 25.1 Å². The van der Waals surface area contributed by atoms with Crippen LogP contribution >= 0.6 is 11.6 Å². The molecule has 2 rings (SSSR count). The van der Waals surface area contributed by atoms with E-state index in [1.165, 1.54) is 24.5 Å². The third kappa shape index (κ3) is 3.45. The Bertz CT molecular complexity index is 584. The van der Waals surface area contributed by atoms with Gasteiger partial charge in [0, 0.05) is 17.2 Å². The zero-order chi connectivity index (χ0) is 13.8. The maximum absolute atomic E-state index is 12.0. The lowest BCUT2D eigenvalue weighted by atomic mass is 10.1. The lowest BCUT2D eigenvalue weighted by Crippen LogP contribution is -2.29. The van der Waals surface area contributed by atoms with Gasteiger partial charge in [-0.05, 0) is 24.6 Å². The average Bonchev–Trinajstić information content (AvgIpc) is 2.39. The molecule has 0 radical (unpaired) electrons. The summed E-state index contributed by atoms with van der Waals surface area (Å²) in [6, 6.07) is 10.1. The molecule has 0 saturated heterocycles. The summed E-state index contributed by atoms with van der Waals surface area (Å²) in [6.45, 7) is 1.88. The molecule has 0 aliphatic carbocycles. The van der Waals surface area contributed by atoms with Gasteiger partial charge in [-0.2, -0.15) is 4.73 Å². The number of hydrogen-bond acceptors (Lipinski definition) is 2. The molecule has 1 heterocycles. The van der Waals surface area contributed by atoms with Crippen molar-refractivity contribution >= 4 is 17.5 Å². The first-order chi connectivity index (χ1) is 9.06. The first kappa shape index (κ1) is 13.4. The molecule has 5 heteroatoms. The molecular weight excluding hydrogens is 264 g/mol. The summed E-state index contributed by atoms with van der Waals surface area (Å²) in [5, 5.41) is 14.4. The minimum absolute atomic E-state index is 0.161. The molecule has 0 saturated carbocycles. The number of pyridine rings is 1. The van der Waals surface area contributed by atoms with Crippen molar-refractivity contribution in [2.75, 3.05) is 0 Å². The van der Waals surface area contributed by atoms with Gasteiger partial charge in [0.15, 0.2) is 12.4 Å². The van der Waals surface area contributed by atoms with E-state index in [4.69, 9.17) is 11.6 Å². The second kappa shape index (κ2) is 5.71. The van der Waals surface area contributed by atoms with Crippen molar-refractivity contribution in [2.45, 2.75) is 13.0 Å². The topological polar surface area (TPSA) is 56.0 Å². The maximum atomic E-state index is 12.0. The third-order valence-corrected chi connectivity index (χ3v) is 3.00. The fourth-order valence-corrected chi connectivity index (χ4v) is 1.90. The van der Waals surface area contributed by atoms with Crippen molar-refractivity contribution in [3.05, 3.63) is 70.1 Å². The first-order valence-corrected chi connectivity index (χ1v) is 6.19. The van der Waals surface area contributed by atoms with Crippen LogP contribution in [0.4, 0.5) is 0 Å². The molecule has 0 bridgehead atoms. The van der Waals surface area contributed by atoms with E-state index >= 15 is 0 Å². The highest BCUT2D eigenvalue weighted by Crippen LogP contribution is 2.17. The molecule has 1 aromatic heterocycles. The summed E-state index contributed by atoms with van der Waals surface area (Å²) in [6.07, 6.45) is 2.58. The summed E-state index contributed by atoms with van der Waals surface area (Å²) in [4.78, 5) is 12.0. The van der Waals surface area contributed by atoms with E-state index in [1.54, 1.807) is 6.07 Å². The molecule has 0 unspecified atom stereocenters. The van der Waals surface area contributed by atoms with Crippen molar-refractivity contribution in [1.82, 2.24) is 5.32 Å². The number of rotatable bonds is 3. The van der Waals surface area contributed by atoms with Crippen LogP contribution in [-0.4, -0.2) is 5.91 Å². The van der Waals surface area contributed by atoms with Crippen molar-refractivity contribution in [2.24, 2.45) is 0 Å². The Morgan fingerprint density at radius 1 is 1.32 bits per heavy atom. The first-order valence-electron chi connectivity index (χ1n) is 5.81. The molecule has 1 amide bonds. The fourth-order valence-electron chi connectivity index (χ4n) is 1.70. The number of nitrogens with zero attached hydrogens (tertiary/aromatic N) is 1. The molecule has 0 aliphatic heterocycles. The zero-order valence-corrected chi connectivity index (χ0v) is 11.1. The number of amides is 1. The van der Waals surface area contributed by atoms with Crippen LogP contribution in [0, 0.1) is 5.21 Å². The predicted molar refractivity (Wildman–Crippen MR) is 72.7 cm³/mol. The van der Waals surface area contributed by atoms with Crippen molar-refractivity contribution < 1.29 is 9.52 Å². The number of carbonyl (C=O) groups excluding carboxylic acids is 1. The van der Waals surface area contributed by atoms with Crippen molar-refractivity contribution in [3.63, 3.8) is 0 Å². The molecule has 0 aliphatic rings. The third-order valence-electron chi connectivity index (χ3n) is 2.76. The molecule has 1 aromatic carbocycles. The second-order valence-corrected chi connectivity index (χ2v) is 4.63. The van der Waals surface area contributed by atoms with Crippen molar-refractivity contribution in [1.29, 1.82) is 0 Å². The Morgan fingerprint density at radius 2 is 2.00 bits per heavy atom. The van der Waals surface area contributed by atoms with E-state index in [0.717, 1.165) is 5.56 Å². The van der Waals surface area contributed by atoms with Crippen LogP contribution < -0.4 is 10.0 Å². The lowest BCUT2D eigenvalue weighted by molar-refractivity contribution is -0.605. The quantitative estimate of drug-likeness (QED) is 0.692. The molecule has 0 spiro atoms. The van der Waals surface area contributed by atoms with Gasteiger partial charge in [-0.3, -0.25) is 4.79 Å². The van der Waals surface area contributed by atoms with Gasteiger partial charge in [0.2, 0.25) is 0 Å². The van der Waals surface area contributed by atoms with Crippen molar-refractivity contribution in [3.8, 4) is 0 Å². The Balaban J connectivity index is 2.08. The van der Waals surface area contributed by atoms with E-state index in [0.29, 0.717) is 15.3 Å². The Kier molecular flexibility index (Phi) is 4.02. The number of nitrogens with one attached hydrogen (secondary N) is 1.